The number of rotatable bonds is 7. The van der Waals surface area contributed by atoms with E-state index in [9.17, 15) is 4.79 Å². The number of benzene rings is 1. The maximum Gasteiger partial charge on any atom is 0.164 e. The maximum absolute atomic E-state index is 12.2. The van der Waals surface area contributed by atoms with E-state index in [0.29, 0.717) is 41.7 Å². The number of hydrogen-bond donors (Lipinski definition) is 0. The van der Waals surface area contributed by atoms with E-state index in [1.165, 1.54) is 19.3 Å². The van der Waals surface area contributed by atoms with Crippen molar-refractivity contribution in [1.82, 2.24) is 0 Å². The number of carbonyl (C=O) groups excluding carboxylic acids is 1. The molecule has 1 aliphatic heterocycles. The Balaban J connectivity index is 1.95. The summed E-state index contributed by atoms with van der Waals surface area (Å²) in [5.74, 6) is 1.33. The number of ketones is 1. The van der Waals surface area contributed by atoms with Gasteiger partial charge in [-0.2, -0.15) is 0 Å². The van der Waals surface area contributed by atoms with E-state index in [1.54, 1.807) is 12.1 Å². The molecule has 2 rings (SSSR count). The van der Waals surface area contributed by atoms with Crippen molar-refractivity contribution in [3.63, 3.8) is 0 Å². The predicted octanol–water partition coefficient (Wildman–Crippen LogP) is 4.65. The average Bonchev–Trinajstić information content (AvgIpc) is 2.46. The van der Waals surface area contributed by atoms with E-state index in [0.717, 1.165) is 12.8 Å². The van der Waals surface area contributed by atoms with Gasteiger partial charge in [-0.25, -0.2) is 0 Å². The van der Waals surface area contributed by atoms with Crippen LogP contribution in [0.25, 0.3) is 0 Å². The van der Waals surface area contributed by atoms with E-state index in [4.69, 9.17) is 21.1 Å². The Bertz CT molecular complexity index is 471. The van der Waals surface area contributed by atoms with Gasteiger partial charge in [0.25, 0.3) is 0 Å². The van der Waals surface area contributed by atoms with E-state index in [-0.39, 0.29) is 5.78 Å². The molecule has 0 atom stereocenters. The van der Waals surface area contributed by atoms with Gasteiger partial charge in [-0.3, -0.25) is 4.79 Å². The van der Waals surface area contributed by atoms with E-state index in [1.807, 2.05) is 0 Å². The van der Waals surface area contributed by atoms with E-state index >= 15 is 0 Å². The topological polar surface area (TPSA) is 35.5 Å². The third-order valence-corrected chi connectivity index (χ3v) is 3.75. The minimum atomic E-state index is 0.0865. The van der Waals surface area contributed by atoms with Crippen molar-refractivity contribution in [3.05, 3.63) is 22.7 Å². The molecular formula is C16H21ClO3. The predicted molar refractivity (Wildman–Crippen MR) is 80.1 cm³/mol. The van der Waals surface area contributed by atoms with Gasteiger partial charge in [-0.1, -0.05) is 44.2 Å². The lowest BCUT2D eigenvalue weighted by atomic mass is 10.0. The van der Waals surface area contributed by atoms with Crippen LogP contribution in [0.1, 0.15) is 55.8 Å². The summed E-state index contributed by atoms with van der Waals surface area (Å²) in [5.41, 5.74) is 0.548. The third-order valence-electron chi connectivity index (χ3n) is 3.44. The third kappa shape index (κ3) is 3.89. The Labute approximate surface area is 125 Å². The van der Waals surface area contributed by atoms with E-state index < -0.39 is 0 Å². The summed E-state index contributed by atoms with van der Waals surface area (Å²) < 4.78 is 10.9. The second-order valence-electron chi connectivity index (χ2n) is 5.06. The Morgan fingerprint density at radius 2 is 1.75 bits per heavy atom. The molecule has 0 spiro atoms. The van der Waals surface area contributed by atoms with Crippen LogP contribution in [0.3, 0.4) is 0 Å². The molecule has 1 heterocycles. The molecule has 0 aliphatic carbocycles. The molecule has 0 unspecified atom stereocenters. The molecule has 4 heteroatoms. The zero-order valence-electron chi connectivity index (χ0n) is 11.9. The summed E-state index contributed by atoms with van der Waals surface area (Å²) in [6.07, 6.45) is 6.20. The number of halogens is 1. The van der Waals surface area contributed by atoms with Gasteiger partial charge >= 0.3 is 0 Å². The lowest BCUT2D eigenvalue weighted by Crippen LogP contribution is -2.16. The first-order chi connectivity index (χ1) is 9.72. The van der Waals surface area contributed by atoms with Gasteiger partial charge in [0.05, 0.1) is 5.02 Å². The quantitative estimate of drug-likeness (QED) is 0.542. The van der Waals surface area contributed by atoms with Crippen LogP contribution in [0.2, 0.25) is 5.02 Å². The van der Waals surface area contributed by atoms with E-state index in [2.05, 4.69) is 6.92 Å². The summed E-state index contributed by atoms with van der Waals surface area (Å²) >= 11 is 6.16. The van der Waals surface area contributed by atoms with Crippen LogP contribution in [-0.2, 0) is 0 Å². The molecule has 20 heavy (non-hydrogen) atoms. The SMILES string of the molecule is CCCCCCCC(=O)c1cc2c(cc1Cl)OCCO2. The van der Waals surface area contributed by atoms with Gasteiger partial charge in [-0.15, -0.1) is 0 Å². The first kappa shape index (κ1) is 15.2. The first-order valence-electron chi connectivity index (χ1n) is 7.34. The van der Waals surface area contributed by atoms with Crippen molar-refractivity contribution in [1.29, 1.82) is 0 Å². The summed E-state index contributed by atoms with van der Waals surface area (Å²) in [4.78, 5) is 12.2. The van der Waals surface area contributed by atoms with Gasteiger partial charge in [0.1, 0.15) is 13.2 Å². The highest BCUT2D eigenvalue weighted by molar-refractivity contribution is 6.34. The van der Waals surface area contributed by atoms with Gasteiger partial charge in [0.15, 0.2) is 17.3 Å². The largest absolute Gasteiger partial charge is 0.486 e. The van der Waals surface area contributed by atoms with Crippen molar-refractivity contribution >= 4 is 17.4 Å². The smallest absolute Gasteiger partial charge is 0.164 e. The number of Topliss-reactive ketones (excluding diaryl/α,β-unsaturated/α-hetero) is 1. The lowest BCUT2D eigenvalue weighted by Gasteiger charge is -2.19. The second-order valence-corrected chi connectivity index (χ2v) is 5.47. The van der Waals surface area contributed by atoms with Crippen LogP contribution in [0.5, 0.6) is 11.5 Å². The molecule has 1 aromatic rings. The molecule has 0 amide bonds. The maximum atomic E-state index is 12.2. The Hall–Kier alpha value is -1.22. The molecule has 110 valence electrons. The molecule has 0 saturated heterocycles. The normalized spacial score (nSPS) is 13.3. The Morgan fingerprint density at radius 3 is 2.45 bits per heavy atom. The number of hydrogen-bond acceptors (Lipinski definition) is 3. The van der Waals surface area contributed by atoms with Crippen molar-refractivity contribution in [2.24, 2.45) is 0 Å². The summed E-state index contributed by atoms with van der Waals surface area (Å²) in [7, 11) is 0. The Kier molecular flexibility index (Phi) is 5.72. The Morgan fingerprint density at radius 1 is 1.10 bits per heavy atom. The fraction of sp³-hybridized carbons (Fsp3) is 0.562. The molecule has 1 aromatic carbocycles. The minimum absolute atomic E-state index is 0.0865. The standard InChI is InChI=1S/C16H21ClO3/c1-2-3-4-5-6-7-14(18)12-10-15-16(11-13(12)17)20-9-8-19-15/h10-11H,2-9H2,1H3. The fourth-order valence-corrected chi connectivity index (χ4v) is 2.56. The minimum Gasteiger partial charge on any atom is -0.486 e. The van der Waals surface area contributed by atoms with Crippen LogP contribution in [0.4, 0.5) is 0 Å². The highest BCUT2D eigenvalue weighted by atomic mass is 35.5. The number of unbranched alkanes of at least 4 members (excludes halogenated alkanes) is 4. The van der Waals surface area contributed by atoms with Crippen LogP contribution in [0, 0.1) is 0 Å². The van der Waals surface area contributed by atoms with Crippen molar-refractivity contribution < 1.29 is 14.3 Å². The van der Waals surface area contributed by atoms with Crippen molar-refractivity contribution in [2.75, 3.05) is 13.2 Å². The highest BCUT2D eigenvalue weighted by Gasteiger charge is 2.18. The molecule has 0 radical (unpaired) electrons. The zero-order valence-corrected chi connectivity index (χ0v) is 12.7. The summed E-state index contributed by atoms with van der Waals surface area (Å²) in [6.45, 7) is 3.22. The lowest BCUT2D eigenvalue weighted by molar-refractivity contribution is 0.0978. The zero-order chi connectivity index (χ0) is 14.4. The van der Waals surface area contributed by atoms with Gasteiger partial charge in [0, 0.05) is 18.1 Å². The van der Waals surface area contributed by atoms with Crippen LogP contribution >= 0.6 is 11.6 Å². The molecule has 0 saturated carbocycles. The molecule has 0 N–H and O–H groups in total. The molecule has 1 aliphatic rings. The summed E-state index contributed by atoms with van der Waals surface area (Å²) in [5, 5.41) is 0.452. The monoisotopic (exact) mass is 296 g/mol. The molecular weight excluding hydrogens is 276 g/mol. The van der Waals surface area contributed by atoms with Gasteiger partial charge < -0.3 is 9.47 Å². The second kappa shape index (κ2) is 7.53. The summed E-state index contributed by atoms with van der Waals surface area (Å²) in [6, 6.07) is 3.39. The van der Waals surface area contributed by atoms with Crippen LogP contribution in [-0.4, -0.2) is 19.0 Å². The number of carbonyl (C=O) groups is 1. The number of fused-ring (bicyclic) bond motifs is 1. The fourth-order valence-electron chi connectivity index (χ4n) is 2.30. The highest BCUT2D eigenvalue weighted by Crippen LogP contribution is 2.35. The van der Waals surface area contributed by atoms with Gasteiger partial charge in [-0.05, 0) is 12.5 Å². The van der Waals surface area contributed by atoms with Crippen LogP contribution in [0.15, 0.2) is 12.1 Å². The molecule has 0 fully saturated rings. The average molecular weight is 297 g/mol. The first-order valence-corrected chi connectivity index (χ1v) is 7.72. The number of ether oxygens (including phenoxy) is 2. The molecule has 3 nitrogen and oxygen atoms in total. The molecule has 0 aromatic heterocycles. The molecule has 0 bridgehead atoms. The van der Waals surface area contributed by atoms with Crippen molar-refractivity contribution in [2.45, 2.75) is 45.4 Å². The van der Waals surface area contributed by atoms with Crippen molar-refractivity contribution in [3.8, 4) is 11.5 Å². The van der Waals surface area contributed by atoms with Crippen LogP contribution < -0.4 is 9.47 Å². The van der Waals surface area contributed by atoms with Gasteiger partial charge in [0.2, 0.25) is 0 Å².